The summed E-state index contributed by atoms with van der Waals surface area (Å²) in [6.07, 6.45) is 5.96. The van der Waals surface area contributed by atoms with Gasteiger partial charge in [-0.2, -0.15) is 5.10 Å². The SMILES string of the molecule is CC(C)(C)C(=O)Nc1ccnn1C1CCN(Cc2c[nH]c3ccccc23)CC1. The Kier molecular flexibility index (Phi) is 4.98. The summed E-state index contributed by atoms with van der Waals surface area (Å²) in [6, 6.07) is 10.7. The van der Waals surface area contributed by atoms with E-state index in [1.807, 2.05) is 31.5 Å². The Morgan fingerprint density at radius 2 is 1.96 bits per heavy atom. The molecule has 6 nitrogen and oxygen atoms in total. The van der Waals surface area contributed by atoms with Crippen LogP contribution < -0.4 is 5.32 Å². The number of nitrogens with zero attached hydrogens (tertiary/aromatic N) is 3. The smallest absolute Gasteiger partial charge is 0.230 e. The largest absolute Gasteiger partial charge is 0.361 e. The molecule has 0 atom stereocenters. The number of fused-ring (bicyclic) bond motifs is 1. The van der Waals surface area contributed by atoms with Gasteiger partial charge >= 0.3 is 0 Å². The van der Waals surface area contributed by atoms with Gasteiger partial charge in [-0.15, -0.1) is 0 Å². The summed E-state index contributed by atoms with van der Waals surface area (Å²) in [5.74, 6) is 0.820. The van der Waals surface area contributed by atoms with Crippen LogP contribution in [0.2, 0.25) is 0 Å². The summed E-state index contributed by atoms with van der Waals surface area (Å²) in [5.41, 5.74) is 2.13. The van der Waals surface area contributed by atoms with Crippen molar-refractivity contribution in [1.82, 2.24) is 19.7 Å². The highest BCUT2D eigenvalue weighted by atomic mass is 16.2. The Balaban J connectivity index is 1.38. The molecule has 1 saturated heterocycles. The Morgan fingerprint density at radius 3 is 2.71 bits per heavy atom. The number of amides is 1. The molecule has 0 bridgehead atoms. The van der Waals surface area contributed by atoms with Crippen molar-refractivity contribution in [1.29, 1.82) is 0 Å². The van der Waals surface area contributed by atoms with Crippen molar-refractivity contribution in [3.8, 4) is 0 Å². The van der Waals surface area contributed by atoms with Gasteiger partial charge in [-0.25, -0.2) is 4.68 Å². The molecule has 0 saturated carbocycles. The first-order chi connectivity index (χ1) is 13.4. The molecule has 148 valence electrons. The zero-order valence-electron chi connectivity index (χ0n) is 16.9. The molecule has 1 fully saturated rings. The molecule has 2 N–H and O–H groups in total. The van der Waals surface area contributed by atoms with Crippen LogP contribution in [0, 0.1) is 5.41 Å². The fraction of sp³-hybridized carbons (Fsp3) is 0.455. The molecule has 4 rings (SSSR count). The van der Waals surface area contributed by atoms with Gasteiger partial charge in [0.2, 0.25) is 5.91 Å². The molecule has 1 aliphatic heterocycles. The average Bonchev–Trinajstić information content (AvgIpc) is 3.29. The number of rotatable bonds is 4. The minimum atomic E-state index is -0.419. The summed E-state index contributed by atoms with van der Waals surface area (Å²) >= 11 is 0. The van der Waals surface area contributed by atoms with Gasteiger partial charge in [-0.3, -0.25) is 9.69 Å². The number of para-hydroxylation sites is 1. The minimum absolute atomic E-state index is 0.0195. The molecule has 2 aromatic heterocycles. The molecule has 1 aromatic carbocycles. The van der Waals surface area contributed by atoms with Crippen LogP contribution in [0.1, 0.15) is 45.2 Å². The number of aromatic amines is 1. The van der Waals surface area contributed by atoms with E-state index in [1.54, 1.807) is 6.20 Å². The molecule has 0 unspecified atom stereocenters. The highest BCUT2D eigenvalue weighted by Crippen LogP contribution is 2.28. The minimum Gasteiger partial charge on any atom is -0.361 e. The summed E-state index contributed by atoms with van der Waals surface area (Å²) in [6.45, 7) is 8.78. The van der Waals surface area contributed by atoms with Crippen LogP contribution in [-0.2, 0) is 11.3 Å². The number of likely N-dealkylation sites (tertiary alicyclic amines) is 1. The molecule has 3 aromatic rings. The quantitative estimate of drug-likeness (QED) is 0.714. The first-order valence-corrected chi connectivity index (χ1v) is 10.0. The van der Waals surface area contributed by atoms with Crippen LogP contribution >= 0.6 is 0 Å². The summed E-state index contributed by atoms with van der Waals surface area (Å²) in [7, 11) is 0. The summed E-state index contributed by atoms with van der Waals surface area (Å²) in [5, 5.41) is 8.84. The molecule has 0 aliphatic carbocycles. The van der Waals surface area contributed by atoms with Crippen molar-refractivity contribution >= 4 is 22.6 Å². The van der Waals surface area contributed by atoms with Gasteiger partial charge in [-0.1, -0.05) is 39.0 Å². The zero-order valence-corrected chi connectivity index (χ0v) is 16.9. The molecule has 0 radical (unpaired) electrons. The van der Waals surface area contributed by atoms with Gasteiger partial charge in [0, 0.05) is 48.2 Å². The van der Waals surface area contributed by atoms with Gasteiger partial charge in [-0.05, 0) is 24.5 Å². The maximum absolute atomic E-state index is 12.3. The van der Waals surface area contributed by atoms with Crippen molar-refractivity contribution in [3.63, 3.8) is 0 Å². The van der Waals surface area contributed by atoms with Gasteiger partial charge in [0.25, 0.3) is 0 Å². The fourth-order valence-electron chi connectivity index (χ4n) is 3.83. The molecular weight excluding hydrogens is 350 g/mol. The lowest BCUT2D eigenvalue weighted by atomic mass is 9.96. The second kappa shape index (κ2) is 7.43. The lowest BCUT2D eigenvalue weighted by Gasteiger charge is -2.32. The zero-order chi connectivity index (χ0) is 19.7. The van der Waals surface area contributed by atoms with E-state index in [0.717, 1.165) is 38.3 Å². The van der Waals surface area contributed by atoms with Gasteiger partial charge in [0.05, 0.1) is 12.2 Å². The van der Waals surface area contributed by atoms with Crippen molar-refractivity contribution in [3.05, 3.63) is 48.3 Å². The van der Waals surface area contributed by atoms with Crippen LogP contribution in [-0.4, -0.2) is 38.7 Å². The lowest BCUT2D eigenvalue weighted by molar-refractivity contribution is -0.123. The van der Waals surface area contributed by atoms with Crippen molar-refractivity contribution in [2.24, 2.45) is 5.41 Å². The van der Waals surface area contributed by atoms with Gasteiger partial charge in [0.1, 0.15) is 5.82 Å². The number of carbonyl (C=O) groups excluding carboxylic acids is 1. The first-order valence-electron chi connectivity index (χ1n) is 10.0. The molecule has 1 aliphatic rings. The van der Waals surface area contributed by atoms with E-state index < -0.39 is 5.41 Å². The third-order valence-corrected chi connectivity index (χ3v) is 5.56. The normalized spacial score (nSPS) is 16.5. The number of hydrogen-bond donors (Lipinski definition) is 2. The number of carbonyl (C=O) groups is 1. The van der Waals surface area contributed by atoms with Crippen LogP contribution in [0.3, 0.4) is 0 Å². The van der Waals surface area contributed by atoms with E-state index in [2.05, 4.69) is 50.8 Å². The number of nitrogens with one attached hydrogen (secondary N) is 2. The van der Waals surface area contributed by atoms with Crippen LogP contribution in [0.4, 0.5) is 5.82 Å². The Morgan fingerprint density at radius 1 is 1.21 bits per heavy atom. The molecule has 6 heteroatoms. The molecule has 3 heterocycles. The highest BCUT2D eigenvalue weighted by molar-refractivity contribution is 5.93. The Hall–Kier alpha value is -2.60. The molecule has 0 spiro atoms. The van der Waals surface area contributed by atoms with E-state index in [0.29, 0.717) is 6.04 Å². The summed E-state index contributed by atoms with van der Waals surface area (Å²) in [4.78, 5) is 18.2. The van der Waals surface area contributed by atoms with E-state index in [-0.39, 0.29) is 5.91 Å². The Labute approximate surface area is 165 Å². The van der Waals surface area contributed by atoms with Gasteiger partial charge in [0.15, 0.2) is 0 Å². The number of hydrogen-bond acceptors (Lipinski definition) is 3. The first kappa shape index (κ1) is 18.7. The topological polar surface area (TPSA) is 66.0 Å². The van der Waals surface area contributed by atoms with Crippen molar-refractivity contribution in [2.75, 3.05) is 18.4 Å². The van der Waals surface area contributed by atoms with Gasteiger partial charge < -0.3 is 10.3 Å². The molecule has 28 heavy (non-hydrogen) atoms. The fourth-order valence-corrected chi connectivity index (χ4v) is 3.83. The monoisotopic (exact) mass is 379 g/mol. The summed E-state index contributed by atoms with van der Waals surface area (Å²) < 4.78 is 1.99. The van der Waals surface area contributed by atoms with Crippen LogP contribution in [0.25, 0.3) is 10.9 Å². The third-order valence-electron chi connectivity index (χ3n) is 5.56. The van der Waals surface area contributed by atoms with E-state index in [9.17, 15) is 4.79 Å². The average molecular weight is 380 g/mol. The predicted molar refractivity (Wildman–Crippen MR) is 112 cm³/mol. The maximum Gasteiger partial charge on any atom is 0.230 e. The second-order valence-corrected chi connectivity index (χ2v) is 8.73. The number of H-pyrrole nitrogens is 1. The van der Waals surface area contributed by atoms with E-state index in [4.69, 9.17) is 0 Å². The van der Waals surface area contributed by atoms with E-state index >= 15 is 0 Å². The molecule has 1 amide bonds. The number of piperidine rings is 1. The van der Waals surface area contributed by atoms with Crippen LogP contribution in [0.5, 0.6) is 0 Å². The number of benzene rings is 1. The van der Waals surface area contributed by atoms with E-state index in [1.165, 1.54) is 16.5 Å². The number of anilines is 1. The highest BCUT2D eigenvalue weighted by Gasteiger charge is 2.26. The van der Waals surface area contributed by atoms with Crippen molar-refractivity contribution in [2.45, 2.75) is 46.2 Å². The lowest BCUT2D eigenvalue weighted by Crippen LogP contribution is -2.35. The molecular formula is C22H29N5O. The Bertz CT molecular complexity index is 957. The van der Waals surface area contributed by atoms with Crippen LogP contribution in [0.15, 0.2) is 42.7 Å². The predicted octanol–water partition coefficient (Wildman–Crippen LogP) is 4.19. The van der Waals surface area contributed by atoms with Crippen molar-refractivity contribution < 1.29 is 4.79 Å². The second-order valence-electron chi connectivity index (χ2n) is 8.73. The standard InChI is InChI=1S/C22H29N5O/c1-22(2,3)21(28)25-20-8-11-24-27(20)17-9-12-26(13-10-17)15-16-14-23-19-7-5-4-6-18(16)19/h4-8,11,14,17,23H,9-10,12-13,15H2,1-3H3,(H,25,28). The maximum atomic E-state index is 12.3. The third kappa shape index (κ3) is 3.83. The number of aromatic nitrogens is 3.